The summed E-state index contributed by atoms with van der Waals surface area (Å²) in [7, 11) is 0. The Labute approximate surface area is 41.4 Å². The van der Waals surface area contributed by atoms with Crippen molar-refractivity contribution in [3.05, 3.63) is 12.7 Å². The molecule has 0 heterocycles. The highest BCUT2D eigenvalue weighted by Crippen LogP contribution is 1.41. The van der Waals surface area contributed by atoms with Crippen molar-refractivity contribution < 1.29 is 4.66 Å². The van der Waals surface area contributed by atoms with Gasteiger partial charge in [0, 0.05) is 6.08 Å². The van der Waals surface area contributed by atoms with Gasteiger partial charge in [-0.05, 0) is 0 Å². The van der Waals surface area contributed by atoms with E-state index in [4.69, 9.17) is 9.92 Å². The lowest BCUT2D eigenvalue weighted by Gasteiger charge is -1.31. The number of allylic oxidation sites excluding steroid dienone is 1. The van der Waals surface area contributed by atoms with E-state index in [0.717, 1.165) is 0 Å². The largest absolute Gasteiger partial charge is 0.295 e. The first-order valence-corrected chi connectivity index (χ1v) is 1.43. The maximum absolute atomic E-state index is 7.51. The zero-order valence-electron chi connectivity index (χ0n) is 3.06. The van der Waals surface area contributed by atoms with E-state index in [-0.39, 0.29) is 0 Å². The van der Waals surface area contributed by atoms with Gasteiger partial charge in [0.2, 0.25) is 0 Å². The summed E-state index contributed by atoms with van der Waals surface area (Å²) >= 11 is 3.64. The Morgan fingerprint density at radius 3 is 2.00 bits per heavy atom. The molecule has 0 saturated heterocycles. The van der Waals surface area contributed by atoms with Crippen LogP contribution in [0.25, 0.3) is 0 Å². The predicted octanol–water partition coefficient (Wildman–Crippen LogP) is 0.828. The molecule has 0 saturated carbocycles. The molecule has 6 heavy (non-hydrogen) atoms. The van der Waals surface area contributed by atoms with E-state index in [1.54, 1.807) is 6.07 Å². The van der Waals surface area contributed by atoms with E-state index in [1.165, 1.54) is 6.08 Å². The van der Waals surface area contributed by atoms with Crippen molar-refractivity contribution in [2.24, 2.45) is 0 Å². The second-order valence-electron chi connectivity index (χ2n) is 0.333. The lowest BCUT2D eigenvalue weighted by atomic mass is 10.8. The van der Waals surface area contributed by atoms with Gasteiger partial charge in [-0.25, -0.2) is 0 Å². The SMILES string of the molecule is C=CC#N.OCl. The molecule has 0 bridgehead atoms. The first-order chi connectivity index (χ1) is 2.91. The molecule has 0 fully saturated rings. The third-order valence-corrected chi connectivity index (χ3v) is 0.0913. The second kappa shape index (κ2) is 24.8. The van der Waals surface area contributed by atoms with Gasteiger partial charge in [-0.15, -0.1) is 0 Å². The molecule has 0 rings (SSSR count). The highest BCUT2D eigenvalue weighted by Gasteiger charge is 1.34. The number of nitriles is 1. The van der Waals surface area contributed by atoms with Crippen LogP contribution >= 0.6 is 11.9 Å². The topological polar surface area (TPSA) is 44.0 Å². The third kappa shape index (κ3) is 92.9. The molecule has 0 aromatic heterocycles. The van der Waals surface area contributed by atoms with Gasteiger partial charge < -0.3 is 0 Å². The monoisotopic (exact) mass is 105 g/mol. The Bertz CT molecular complexity index is 56.3. The van der Waals surface area contributed by atoms with Gasteiger partial charge in [-0.3, -0.25) is 4.66 Å². The normalized spacial score (nSPS) is 3.50. The molecule has 0 amide bonds. The first kappa shape index (κ1) is 9.08. The molecule has 3 heteroatoms. The number of halogens is 1. The molecule has 0 aliphatic carbocycles. The molecule has 0 radical (unpaired) electrons. The lowest BCUT2D eigenvalue weighted by Crippen LogP contribution is -1.23. The second-order valence-corrected chi connectivity index (χ2v) is 0.333. The maximum Gasteiger partial charge on any atom is 0.0905 e. The fraction of sp³-hybridized carbons (Fsp3) is 0. The van der Waals surface area contributed by atoms with Crippen LogP contribution in [0.2, 0.25) is 0 Å². The van der Waals surface area contributed by atoms with Crippen LogP contribution in [-0.4, -0.2) is 4.66 Å². The average Bonchev–Trinajstić information content (AvgIpc) is 1.72. The van der Waals surface area contributed by atoms with Crippen molar-refractivity contribution in [2.45, 2.75) is 0 Å². The van der Waals surface area contributed by atoms with E-state index >= 15 is 0 Å². The fourth-order valence-electron chi connectivity index (χ4n) is 0. The molecular weight excluding hydrogens is 101 g/mol. The minimum atomic E-state index is 1.18. The average molecular weight is 106 g/mol. The van der Waals surface area contributed by atoms with Crippen LogP contribution in [0.3, 0.4) is 0 Å². The van der Waals surface area contributed by atoms with Gasteiger partial charge in [-0.1, -0.05) is 6.58 Å². The quantitative estimate of drug-likeness (QED) is 0.464. The van der Waals surface area contributed by atoms with E-state index in [9.17, 15) is 0 Å². The molecule has 0 unspecified atom stereocenters. The molecule has 0 spiro atoms. The fourth-order valence-corrected chi connectivity index (χ4v) is 0. The Balaban J connectivity index is 0. The van der Waals surface area contributed by atoms with E-state index < -0.39 is 0 Å². The molecule has 34 valence electrons. The van der Waals surface area contributed by atoms with E-state index in [1.807, 2.05) is 0 Å². The molecule has 0 aliphatic heterocycles. The molecule has 0 aliphatic rings. The Morgan fingerprint density at radius 2 is 2.00 bits per heavy atom. The van der Waals surface area contributed by atoms with Crippen LogP contribution in [0.4, 0.5) is 0 Å². The summed E-state index contributed by atoms with van der Waals surface area (Å²) in [6.07, 6.45) is 1.18. The Hall–Kier alpha value is -0.520. The summed E-state index contributed by atoms with van der Waals surface area (Å²) in [5, 5.41) is 7.51. The van der Waals surface area contributed by atoms with Crippen LogP contribution in [-0.2, 0) is 0 Å². The highest BCUT2D eigenvalue weighted by molar-refractivity contribution is 6.04. The molecule has 2 nitrogen and oxygen atoms in total. The van der Waals surface area contributed by atoms with Crippen LogP contribution in [0, 0.1) is 11.3 Å². The Kier molecular flexibility index (Phi) is 37.5. The minimum absolute atomic E-state index is 1.18. The van der Waals surface area contributed by atoms with Crippen LogP contribution in [0.15, 0.2) is 12.7 Å². The lowest BCUT2D eigenvalue weighted by molar-refractivity contribution is 0.632. The van der Waals surface area contributed by atoms with Crippen molar-refractivity contribution in [2.75, 3.05) is 0 Å². The summed E-state index contributed by atoms with van der Waals surface area (Å²) in [6.45, 7) is 3.12. The Morgan fingerprint density at radius 1 is 1.83 bits per heavy atom. The molecule has 0 atom stereocenters. The zero-order valence-corrected chi connectivity index (χ0v) is 3.81. The van der Waals surface area contributed by atoms with Crippen molar-refractivity contribution in [3.8, 4) is 6.07 Å². The van der Waals surface area contributed by atoms with Crippen molar-refractivity contribution >= 4 is 11.9 Å². The van der Waals surface area contributed by atoms with Crippen LogP contribution < -0.4 is 0 Å². The van der Waals surface area contributed by atoms with Gasteiger partial charge in [0.15, 0.2) is 0 Å². The summed E-state index contributed by atoms with van der Waals surface area (Å²) in [4.78, 5) is 0. The van der Waals surface area contributed by atoms with Gasteiger partial charge in [0.1, 0.15) is 0 Å². The van der Waals surface area contributed by atoms with Gasteiger partial charge in [0.05, 0.1) is 17.9 Å². The molecule has 0 aromatic carbocycles. The molecule has 0 aromatic rings. The summed E-state index contributed by atoms with van der Waals surface area (Å²) < 4.78 is 6.47. The molecule has 1 N–H and O–H groups in total. The number of nitrogens with zero attached hydrogens (tertiary/aromatic N) is 1. The summed E-state index contributed by atoms with van der Waals surface area (Å²) in [5.41, 5.74) is 0. The summed E-state index contributed by atoms with van der Waals surface area (Å²) in [5.74, 6) is 0. The van der Waals surface area contributed by atoms with Crippen molar-refractivity contribution in [1.82, 2.24) is 0 Å². The van der Waals surface area contributed by atoms with Gasteiger partial charge in [0.25, 0.3) is 0 Å². The minimum Gasteiger partial charge on any atom is -0.295 e. The smallest absolute Gasteiger partial charge is 0.0905 e. The van der Waals surface area contributed by atoms with Gasteiger partial charge in [-0.2, -0.15) is 5.26 Å². The van der Waals surface area contributed by atoms with Crippen LogP contribution in [0.1, 0.15) is 0 Å². The highest BCUT2D eigenvalue weighted by atomic mass is 35.5. The number of rotatable bonds is 0. The van der Waals surface area contributed by atoms with Crippen molar-refractivity contribution in [1.29, 1.82) is 5.26 Å². The zero-order chi connectivity index (χ0) is 5.41. The number of hydrogen-bond acceptors (Lipinski definition) is 2. The maximum atomic E-state index is 7.51. The predicted molar refractivity (Wildman–Crippen MR) is 23.9 cm³/mol. The van der Waals surface area contributed by atoms with E-state index in [0.29, 0.717) is 0 Å². The van der Waals surface area contributed by atoms with E-state index in [2.05, 4.69) is 18.4 Å². The summed E-state index contributed by atoms with van der Waals surface area (Å²) in [6, 6.07) is 1.69. The third-order valence-electron chi connectivity index (χ3n) is 0.0913. The van der Waals surface area contributed by atoms with Crippen molar-refractivity contribution in [3.63, 3.8) is 0 Å². The van der Waals surface area contributed by atoms with Crippen LogP contribution in [0.5, 0.6) is 0 Å². The van der Waals surface area contributed by atoms with Gasteiger partial charge >= 0.3 is 0 Å². The standard InChI is InChI=1S/C3H3N.ClHO/c1-2-3-4;1-2/h2H,1H2;2H. The molecular formula is C3H4ClNO. The first-order valence-electron chi connectivity index (χ1n) is 1.09. The number of hydrogen-bond donors (Lipinski definition) is 1.